The van der Waals surface area contributed by atoms with Crippen molar-refractivity contribution in [1.29, 1.82) is 0 Å². The van der Waals surface area contributed by atoms with Crippen LogP contribution in [0.3, 0.4) is 0 Å². The third kappa shape index (κ3) is 5.89. The quantitative estimate of drug-likeness (QED) is 0.252. The van der Waals surface area contributed by atoms with Gasteiger partial charge in [-0.25, -0.2) is 4.98 Å². The Bertz CT molecular complexity index is 1970. The summed E-state index contributed by atoms with van der Waals surface area (Å²) in [5.41, 5.74) is 11.0. The van der Waals surface area contributed by atoms with Crippen molar-refractivity contribution in [2.24, 2.45) is 0 Å². The number of hydrogen-bond acceptors (Lipinski definition) is 7. The molecule has 0 aliphatic carbocycles. The average Bonchev–Trinajstić information content (AvgIpc) is 3.36. The van der Waals surface area contributed by atoms with Crippen LogP contribution < -0.4 is 21.9 Å². The maximum Gasteiger partial charge on any atom is 0.288 e. The first kappa shape index (κ1) is 29.0. The number of nitrogen functional groups attached to an aromatic ring is 1. The van der Waals surface area contributed by atoms with Crippen LogP contribution in [0.4, 0.5) is 11.5 Å². The van der Waals surface area contributed by atoms with Crippen molar-refractivity contribution >= 4 is 28.8 Å². The van der Waals surface area contributed by atoms with Crippen LogP contribution in [0, 0.1) is 6.92 Å². The first-order chi connectivity index (χ1) is 20.9. The Morgan fingerprint density at radius 2 is 1.77 bits per heavy atom. The number of nitrogens with zero attached hydrogens (tertiary/aromatic N) is 5. The van der Waals surface area contributed by atoms with Crippen molar-refractivity contribution in [3.8, 4) is 11.1 Å². The fourth-order valence-electron chi connectivity index (χ4n) is 6.08. The Morgan fingerprint density at radius 1 is 1.05 bits per heavy atom. The Labute approximate surface area is 255 Å². The fourth-order valence-corrected chi connectivity index (χ4v) is 6.08. The van der Waals surface area contributed by atoms with Crippen molar-refractivity contribution in [1.82, 2.24) is 29.5 Å². The standard InChI is InChI=1S/C34H36N8O2/c1-21-37-32-41(19-22-9-7-6-8-10-22)20-28(31(44)42(32)39-21)30(43)38-26-13-11-23(12-14-26)27-15-24(18-36-29(27)35)25-16-33(2,3)40-34(4,5)17-25/h6-16,18,20,40H,17,19H2,1-5H3,(H2,35,36)(H,38,43). The number of anilines is 2. The topological polar surface area (TPSA) is 132 Å². The zero-order valence-corrected chi connectivity index (χ0v) is 25.5. The van der Waals surface area contributed by atoms with Crippen molar-refractivity contribution in [3.63, 3.8) is 0 Å². The summed E-state index contributed by atoms with van der Waals surface area (Å²) in [5, 5.41) is 10.8. The van der Waals surface area contributed by atoms with Crippen LogP contribution in [0.15, 0.2) is 83.9 Å². The predicted molar refractivity (Wildman–Crippen MR) is 173 cm³/mol. The smallest absolute Gasteiger partial charge is 0.288 e. The van der Waals surface area contributed by atoms with Gasteiger partial charge >= 0.3 is 0 Å². The van der Waals surface area contributed by atoms with Crippen molar-refractivity contribution in [2.75, 3.05) is 11.1 Å². The lowest BCUT2D eigenvalue weighted by Crippen LogP contribution is -2.53. The Morgan fingerprint density at radius 3 is 2.48 bits per heavy atom. The zero-order chi connectivity index (χ0) is 31.2. The van der Waals surface area contributed by atoms with E-state index in [4.69, 9.17) is 5.73 Å². The summed E-state index contributed by atoms with van der Waals surface area (Å²) in [6.07, 6.45) is 6.48. The van der Waals surface area contributed by atoms with Crippen molar-refractivity contribution in [3.05, 3.63) is 112 Å². The van der Waals surface area contributed by atoms with Gasteiger partial charge in [-0.1, -0.05) is 48.5 Å². The van der Waals surface area contributed by atoms with E-state index in [1.165, 1.54) is 10.1 Å². The lowest BCUT2D eigenvalue weighted by atomic mass is 9.81. The van der Waals surface area contributed by atoms with Crippen LogP contribution in [0.2, 0.25) is 0 Å². The lowest BCUT2D eigenvalue weighted by molar-refractivity contribution is 0.102. The van der Waals surface area contributed by atoms with Gasteiger partial charge in [-0.05, 0) is 81.5 Å². The van der Waals surface area contributed by atoms with Crippen LogP contribution >= 0.6 is 0 Å². The minimum absolute atomic E-state index is 0.0374. The molecule has 0 bridgehead atoms. The molecule has 1 amide bonds. The van der Waals surface area contributed by atoms with Crippen LogP contribution in [0.1, 0.15) is 61.4 Å². The van der Waals surface area contributed by atoms with Gasteiger partial charge in [0.2, 0.25) is 5.78 Å². The largest absolute Gasteiger partial charge is 0.383 e. The highest BCUT2D eigenvalue weighted by atomic mass is 16.2. The van der Waals surface area contributed by atoms with E-state index in [1.54, 1.807) is 29.8 Å². The highest BCUT2D eigenvalue weighted by molar-refractivity contribution is 6.04. The number of aromatic nitrogens is 5. The molecule has 0 radical (unpaired) electrons. The Hall–Kier alpha value is -5.09. The van der Waals surface area contributed by atoms with Gasteiger partial charge in [0.1, 0.15) is 17.2 Å². The first-order valence-electron chi connectivity index (χ1n) is 14.6. The van der Waals surface area contributed by atoms with Gasteiger partial charge in [-0.2, -0.15) is 9.50 Å². The van der Waals surface area contributed by atoms with E-state index in [9.17, 15) is 9.59 Å². The molecule has 1 aliphatic heterocycles. The van der Waals surface area contributed by atoms with Gasteiger partial charge in [0, 0.05) is 34.7 Å². The number of carbonyl (C=O) groups is 1. The molecule has 1 aliphatic rings. The molecular formula is C34H36N8O2. The van der Waals surface area contributed by atoms with Gasteiger partial charge in [0.25, 0.3) is 11.5 Å². The molecule has 0 spiro atoms. The van der Waals surface area contributed by atoms with E-state index < -0.39 is 11.5 Å². The second-order valence-corrected chi connectivity index (χ2v) is 12.6. The van der Waals surface area contributed by atoms with E-state index in [1.807, 2.05) is 48.7 Å². The molecule has 3 aromatic heterocycles. The average molecular weight is 589 g/mol. The lowest BCUT2D eigenvalue weighted by Gasteiger charge is -2.41. The molecule has 4 N–H and O–H groups in total. The third-order valence-corrected chi connectivity index (χ3v) is 7.67. The van der Waals surface area contributed by atoms with Crippen molar-refractivity contribution < 1.29 is 4.79 Å². The van der Waals surface area contributed by atoms with E-state index in [2.05, 4.69) is 65.5 Å². The first-order valence-corrected chi connectivity index (χ1v) is 14.6. The molecule has 4 heterocycles. The molecule has 0 saturated carbocycles. The number of nitrogens with two attached hydrogens (primary N) is 1. The zero-order valence-electron chi connectivity index (χ0n) is 25.5. The predicted octanol–water partition coefficient (Wildman–Crippen LogP) is 5.08. The minimum Gasteiger partial charge on any atom is -0.383 e. The molecule has 0 unspecified atom stereocenters. The highest BCUT2D eigenvalue weighted by Gasteiger charge is 2.32. The molecule has 10 heteroatoms. The highest BCUT2D eigenvalue weighted by Crippen LogP contribution is 2.36. The Balaban J connectivity index is 1.27. The molecule has 5 aromatic rings. The number of rotatable bonds is 6. The minimum atomic E-state index is -0.536. The van der Waals surface area contributed by atoms with Crippen LogP contribution in [-0.4, -0.2) is 41.1 Å². The Kier molecular flexibility index (Phi) is 7.17. The SMILES string of the molecule is Cc1nc2n(Cc3ccccc3)cc(C(=O)Nc3ccc(-c4cc(C5=CC(C)(C)NC(C)(C)C5)cnc4N)cc3)c(=O)n2n1. The summed E-state index contributed by atoms with van der Waals surface area (Å²) in [7, 11) is 0. The molecule has 224 valence electrons. The van der Waals surface area contributed by atoms with E-state index in [-0.39, 0.29) is 16.6 Å². The summed E-state index contributed by atoms with van der Waals surface area (Å²) in [6, 6.07) is 19.2. The normalized spacial score (nSPS) is 15.6. The van der Waals surface area contributed by atoms with Crippen molar-refractivity contribution in [2.45, 2.75) is 58.7 Å². The van der Waals surface area contributed by atoms with Crippen LogP contribution in [0.5, 0.6) is 0 Å². The number of aryl methyl sites for hydroxylation is 1. The summed E-state index contributed by atoms with van der Waals surface area (Å²) < 4.78 is 2.94. The van der Waals surface area contributed by atoms with E-state index >= 15 is 0 Å². The fraction of sp³-hybridized carbons (Fsp3) is 0.265. The van der Waals surface area contributed by atoms with Gasteiger partial charge in [0.05, 0.1) is 6.54 Å². The maximum atomic E-state index is 13.4. The van der Waals surface area contributed by atoms with Gasteiger partial charge in [-0.15, -0.1) is 5.10 Å². The van der Waals surface area contributed by atoms with E-state index in [0.29, 0.717) is 29.7 Å². The molecule has 2 aromatic carbocycles. The molecule has 6 rings (SSSR count). The second kappa shape index (κ2) is 10.9. The molecule has 0 atom stereocenters. The summed E-state index contributed by atoms with van der Waals surface area (Å²) in [6.45, 7) is 10.9. The van der Waals surface area contributed by atoms with E-state index in [0.717, 1.165) is 28.7 Å². The summed E-state index contributed by atoms with van der Waals surface area (Å²) >= 11 is 0. The maximum absolute atomic E-state index is 13.4. The third-order valence-electron chi connectivity index (χ3n) is 7.67. The number of benzene rings is 2. The van der Waals surface area contributed by atoms with Gasteiger partial charge in [0.15, 0.2) is 0 Å². The summed E-state index contributed by atoms with van der Waals surface area (Å²) in [4.78, 5) is 35.6. The number of fused-ring (bicyclic) bond motifs is 1. The molecule has 0 fully saturated rings. The molecular weight excluding hydrogens is 552 g/mol. The number of pyridine rings is 1. The second-order valence-electron chi connectivity index (χ2n) is 12.6. The molecule has 0 saturated heterocycles. The van der Waals surface area contributed by atoms with Gasteiger partial charge in [-0.3, -0.25) is 9.59 Å². The number of nitrogens with one attached hydrogen (secondary N) is 2. The number of amides is 1. The van der Waals surface area contributed by atoms with Crippen LogP contribution in [0.25, 0.3) is 22.5 Å². The molecule has 44 heavy (non-hydrogen) atoms. The number of carbonyl (C=O) groups excluding carboxylic acids is 1. The van der Waals surface area contributed by atoms with Gasteiger partial charge < -0.3 is 20.9 Å². The molecule has 10 nitrogen and oxygen atoms in total. The number of hydrogen-bond donors (Lipinski definition) is 3. The monoisotopic (exact) mass is 588 g/mol. The summed E-state index contributed by atoms with van der Waals surface area (Å²) in [5.74, 6) is 0.705. The van der Waals surface area contributed by atoms with Crippen LogP contribution in [-0.2, 0) is 6.54 Å².